The van der Waals surface area contributed by atoms with Crippen LogP contribution < -0.4 is 15.5 Å². The van der Waals surface area contributed by atoms with Gasteiger partial charge in [0.1, 0.15) is 12.1 Å². The van der Waals surface area contributed by atoms with E-state index in [1.54, 1.807) is 18.5 Å². The second-order valence-corrected chi connectivity index (χ2v) is 8.91. The Kier molecular flexibility index (Phi) is 6.67. The minimum absolute atomic E-state index is 0.162. The number of morpholine rings is 1. The zero-order valence-electron chi connectivity index (χ0n) is 20.1. The molecule has 0 spiro atoms. The van der Waals surface area contributed by atoms with E-state index in [1.165, 1.54) is 5.69 Å². The molecule has 4 aromatic rings. The van der Waals surface area contributed by atoms with Crippen molar-refractivity contribution in [2.75, 3.05) is 48.4 Å². The van der Waals surface area contributed by atoms with Gasteiger partial charge in [-0.3, -0.25) is 4.57 Å². The van der Waals surface area contributed by atoms with E-state index in [0.29, 0.717) is 12.4 Å². The van der Waals surface area contributed by atoms with Crippen molar-refractivity contribution in [3.63, 3.8) is 0 Å². The standard InChI is InChI=1S/C26H31N7O2/c1-18(2)33-25-23(24(28-17-29-25)27-12-11-19-3-9-22(34)10-4-19)31-26(33)30-20-5-7-21(8-6-20)32-13-15-35-16-14-32/h3-10,17-18,34H,11-16H2,1-2H3,(H,30,31)(H,27,28,29). The summed E-state index contributed by atoms with van der Waals surface area (Å²) in [5.41, 5.74) is 4.82. The summed E-state index contributed by atoms with van der Waals surface area (Å²) in [7, 11) is 0. The molecular formula is C26H31N7O2. The monoisotopic (exact) mass is 473 g/mol. The first-order valence-electron chi connectivity index (χ1n) is 12.0. The minimum Gasteiger partial charge on any atom is -0.508 e. The van der Waals surface area contributed by atoms with Crippen LogP contribution in [0, 0.1) is 0 Å². The second-order valence-electron chi connectivity index (χ2n) is 8.91. The number of aromatic nitrogens is 4. The fourth-order valence-corrected chi connectivity index (χ4v) is 4.31. The van der Waals surface area contributed by atoms with E-state index in [2.05, 4.69) is 68.2 Å². The maximum Gasteiger partial charge on any atom is 0.210 e. The normalized spacial score (nSPS) is 14.0. The predicted octanol–water partition coefficient (Wildman–Crippen LogP) is 4.35. The zero-order chi connectivity index (χ0) is 24.2. The quantitative estimate of drug-likeness (QED) is 0.347. The molecule has 9 nitrogen and oxygen atoms in total. The molecule has 9 heteroatoms. The lowest BCUT2D eigenvalue weighted by molar-refractivity contribution is 0.122. The molecule has 1 saturated heterocycles. The van der Waals surface area contributed by atoms with Gasteiger partial charge in [-0.1, -0.05) is 12.1 Å². The Bertz CT molecular complexity index is 1260. The Balaban J connectivity index is 1.35. The van der Waals surface area contributed by atoms with Crippen molar-refractivity contribution in [2.24, 2.45) is 0 Å². The molecule has 2 aromatic heterocycles. The van der Waals surface area contributed by atoms with Gasteiger partial charge in [-0.25, -0.2) is 15.0 Å². The van der Waals surface area contributed by atoms with Gasteiger partial charge in [0, 0.05) is 37.1 Å². The number of phenolic OH excluding ortho intramolecular Hbond substituents is 1. The first kappa shape index (κ1) is 22.9. The molecule has 0 amide bonds. The number of fused-ring (bicyclic) bond motifs is 1. The Morgan fingerprint density at radius 3 is 2.46 bits per heavy atom. The highest BCUT2D eigenvalue weighted by Crippen LogP contribution is 2.29. The van der Waals surface area contributed by atoms with E-state index in [1.807, 2.05) is 12.1 Å². The number of rotatable bonds is 8. The summed E-state index contributed by atoms with van der Waals surface area (Å²) in [5, 5.41) is 16.4. The van der Waals surface area contributed by atoms with Crippen molar-refractivity contribution in [3.8, 4) is 5.75 Å². The molecule has 3 N–H and O–H groups in total. The van der Waals surface area contributed by atoms with Crippen LogP contribution in [0.3, 0.4) is 0 Å². The molecule has 1 aliphatic heterocycles. The average Bonchev–Trinajstić information content (AvgIpc) is 3.25. The van der Waals surface area contributed by atoms with Gasteiger partial charge < -0.3 is 25.4 Å². The molecule has 0 saturated carbocycles. The molecule has 5 rings (SSSR count). The number of anilines is 4. The van der Waals surface area contributed by atoms with Crippen LogP contribution in [0.15, 0.2) is 54.9 Å². The van der Waals surface area contributed by atoms with Crippen molar-refractivity contribution < 1.29 is 9.84 Å². The fourth-order valence-electron chi connectivity index (χ4n) is 4.31. The highest BCUT2D eigenvalue weighted by molar-refractivity contribution is 5.86. The van der Waals surface area contributed by atoms with Gasteiger partial charge in [0.05, 0.1) is 13.2 Å². The number of aromatic hydroxyl groups is 1. The van der Waals surface area contributed by atoms with Crippen molar-refractivity contribution in [2.45, 2.75) is 26.3 Å². The van der Waals surface area contributed by atoms with Crippen molar-refractivity contribution in [3.05, 3.63) is 60.4 Å². The number of benzene rings is 2. The van der Waals surface area contributed by atoms with Crippen LogP contribution in [0.1, 0.15) is 25.5 Å². The predicted molar refractivity (Wildman–Crippen MR) is 139 cm³/mol. The van der Waals surface area contributed by atoms with E-state index in [9.17, 15) is 5.11 Å². The molecule has 1 fully saturated rings. The SMILES string of the molecule is CC(C)n1c(Nc2ccc(N3CCOCC3)cc2)nc2c(NCCc3ccc(O)cc3)ncnc21. The molecule has 3 heterocycles. The lowest BCUT2D eigenvalue weighted by Gasteiger charge is -2.28. The number of hydrogen-bond donors (Lipinski definition) is 3. The summed E-state index contributed by atoms with van der Waals surface area (Å²) >= 11 is 0. The van der Waals surface area contributed by atoms with Crippen LogP contribution in [0.4, 0.5) is 23.1 Å². The topological polar surface area (TPSA) is 100 Å². The number of phenols is 1. The second kappa shape index (κ2) is 10.2. The molecular weight excluding hydrogens is 442 g/mol. The molecule has 2 aromatic carbocycles. The van der Waals surface area contributed by atoms with Crippen LogP contribution in [0.5, 0.6) is 5.75 Å². The van der Waals surface area contributed by atoms with E-state index >= 15 is 0 Å². The maximum atomic E-state index is 9.47. The van der Waals surface area contributed by atoms with E-state index in [0.717, 1.165) is 61.1 Å². The van der Waals surface area contributed by atoms with Crippen molar-refractivity contribution in [1.82, 2.24) is 19.5 Å². The molecule has 0 aliphatic carbocycles. The number of nitrogens with zero attached hydrogens (tertiary/aromatic N) is 5. The number of nitrogens with one attached hydrogen (secondary N) is 2. The summed E-state index contributed by atoms with van der Waals surface area (Å²) in [5.74, 6) is 1.71. The summed E-state index contributed by atoms with van der Waals surface area (Å²) in [6.45, 7) is 8.29. The van der Waals surface area contributed by atoms with Crippen molar-refractivity contribution in [1.29, 1.82) is 0 Å². The lowest BCUT2D eigenvalue weighted by atomic mass is 10.1. The van der Waals surface area contributed by atoms with Gasteiger partial charge in [-0.15, -0.1) is 0 Å². The van der Waals surface area contributed by atoms with Gasteiger partial charge in [-0.2, -0.15) is 0 Å². The van der Waals surface area contributed by atoms with E-state index in [-0.39, 0.29) is 11.8 Å². The lowest BCUT2D eigenvalue weighted by Crippen LogP contribution is -2.36. The molecule has 1 aliphatic rings. The van der Waals surface area contributed by atoms with Gasteiger partial charge in [0.2, 0.25) is 5.95 Å². The minimum atomic E-state index is 0.162. The smallest absolute Gasteiger partial charge is 0.210 e. The largest absolute Gasteiger partial charge is 0.508 e. The highest BCUT2D eigenvalue weighted by Gasteiger charge is 2.18. The third-order valence-corrected chi connectivity index (χ3v) is 6.14. The Morgan fingerprint density at radius 1 is 1.00 bits per heavy atom. The summed E-state index contributed by atoms with van der Waals surface area (Å²) in [4.78, 5) is 16.2. The Morgan fingerprint density at radius 2 is 1.74 bits per heavy atom. The Labute approximate surface area is 204 Å². The summed E-state index contributed by atoms with van der Waals surface area (Å²) < 4.78 is 7.55. The van der Waals surface area contributed by atoms with Gasteiger partial charge >= 0.3 is 0 Å². The van der Waals surface area contributed by atoms with Crippen LogP contribution in [0.25, 0.3) is 11.2 Å². The third-order valence-electron chi connectivity index (χ3n) is 6.14. The third kappa shape index (κ3) is 5.14. The Hall–Kier alpha value is -3.85. The number of imidazole rings is 1. The summed E-state index contributed by atoms with van der Waals surface area (Å²) in [6.07, 6.45) is 2.38. The van der Waals surface area contributed by atoms with Crippen LogP contribution in [-0.2, 0) is 11.2 Å². The molecule has 182 valence electrons. The van der Waals surface area contributed by atoms with E-state index in [4.69, 9.17) is 9.72 Å². The van der Waals surface area contributed by atoms with E-state index < -0.39 is 0 Å². The highest BCUT2D eigenvalue weighted by atomic mass is 16.5. The van der Waals surface area contributed by atoms with Gasteiger partial charge in [0.15, 0.2) is 17.0 Å². The molecule has 0 unspecified atom stereocenters. The van der Waals surface area contributed by atoms with Crippen LogP contribution in [-0.4, -0.2) is 57.5 Å². The average molecular weight is 474 g/mol. The van der Waals surface area contributed by atoms with Crippen molar-refractivity contribution >= 4 is 34.3 Å². The number of hydrogen-bond acceptors (Lipinski definition) is 8. The molecule has 35 heavy (non-hydrogen) atoms. The molecule has 0 atom stereocenters. The summed E-state index contributed by atoms with van der Waals surface area (Å²) in [6, 6.07) is 15.8. The molecule has 0 radical (unpaired) electrons. The fraction of sp³-hybridized carbons (Fsp3) is 0.346. The number of ether oxygens (including phenoxy) is 1. The first-order chi connectivity index (χ1) is 17.1. The molecule has 0 bridgehead atoms. The van der Waals surface area contributed by atoms with Crippen LogP contribution >= 0.6 is 0 Å². The zero-order valence-corrected chi connectivity index (χ0v) is 20.1. The van der Waals surface area contributed by atoms with Gasteiger partial charge in [-0.05, 0) is 62.2 Å². The van der Waals surface area contributed by atoms with Crippen LogP contribution in [0.2, 0.25) is 0 Å². The maximum absolute atomic E-state index is 9.47. The van der Waals surface area contributed by atoms with Gasteiger partial charge in [0.25, 0.3) is 0 Å². The first-order valence-corrected chi connectivity index (χ1v) is 12.0.